The van der Waals surface area contributed by atoms with Gasteiger partial charge in [-0.05, 0) is 55.5 Å². The second-order valence-corrected chi connectivity index (χ2v) is 7.39. The van der Waals surface area contributed by atoms with Gasteiger partial charge in [-0.25, -0.2) is 4.98 Å². The third kappa shape index (κ3) is 2.99. The van der Waals surface area contributed by atoms with E-state index in [-0.39, 0.29) is 11.4 Å². The topological polar surface area (TPSA) is 83.8 Å². The Balaban J connectivity index is 1.53. The first kappa shape index (κ1) is 16.8. The first-order chi connectivity index (χ1) is 12.6. The Morgan fingerprint density at radius 1 is 1.19 bits per heavy atom. The molecule has 5 nitrogen and oxygen atoms in total. The zero-order valence-corrected chi connectivity index (χ0v) is 15.0. The standard InChI is InChI=1S/C21H24N4O/c1-21(22,15-4-2-3-5-15)16-8-6-14(7-9-16)20(26)25-18-11-13-24-19-17(18)10-12-23-19/h6-13,15H,2-5,22H2,1H3,(H2,23,24,25,26). The minimum atomic E-state index is -0.339. The van der Waals surface area contributed by atoms with Crippen LogP contribution in [0.4, 0.5) is 5.69 Å². The van der Waals surface area contributed by atoms with Crippen molar-refractivity contribution in [2.45, 2.75) is 38.1 Å². The fourth-order valence-corrected chi connectivity index (χ4v) is 4.01. The van der Waals surface area contributed by atoms with Crippen LogP contribution in [0.5, 0.6) is 0 Å². The molecule has 4 N–H and O–H groups in total. The van der Waals surface area contributed by atoms with Crippen LogP contribution in [0, 0.1) is 5.92 Å². The van der Waals surface area contributed by atoms with E-state index < -0.39 is 0 Å². The molecule has 1 unspecified atom stereocenters. The number of nitrogens with two attached hydrogens (primary N) is 1. The maximum atomic E-state index is 12.6. The predicted molar refractivity (Wildman–Crippen MR) is 104 cm³/mol. The quantitative estimate of drug-likeness (QED) is 0.661. The molecule has 2 aromatic heterocycles. The van der Waals surface area contributed by atoms with Crippen molar-refractivity contribution in [1.82, 2.24) is 9.97 Å². The summed E-state index contributed by atoms with van der Waals surface area (Å²) in [6.07, 6.45) is 8.38. The molecule has 0 spiro atoms. The zero-order valence-electron chi connectivity index (χ0n) is 15.0. The molecule has 0 aliphatic heterocycles. The minimum absolute atomic E-state index is 0.134. The van der Waals surface area contributed by atoms with E-state index in [0.29, 0.717) is 11.5 Å². The van der Waals surface area contributed by atoms with Crippen LogP contribution in [-0.4, -0.2) is 15.9 Å². The van der Waals surface area contributed by atoms with Crippen LogP contribution in [0.15, 0.2) is 48.8 Å². The Kier molecular flexibility index (Phi) is 4.24. The van der Waals surface area contributed by atoms with Crippen LogP contribution in [0.1, 0.15) is 48.5 Å². The number of anilines is 1. The van der Waals surface area contributed by atoms with Crippen LogP contribution < -0.4 is 11.1 Å². The lowest BCUT2D eigenvalue weighted by Gasteiger charge is -2.32. The van der Waals surface area contributed by atoms with E-state index in [2.05, 4.69) is 22.2 Å². The van der Waals surface area contributed by atoms with Crippen LogP contribution in [0.2, 0.25) is 0 Å². The van der Waals surface area contributed by atoms with E-state index in [1.54, 1.807) is 12.3 Å². The smallest absolute Gasteiger partial charge is 0.255 e. The molecular formula is C21H24N4O. The number of aromatic amines is 1. The number of hydrogen-bond acceptors (Lipinski definition) is 3. The molecule has 1 aliphatic rings. The number of carbonyl (C=O) groups is 1. The van der Waals surface area contributed by atoms with Crippen LogP contribution >= 0.6 is 0 Å². The molecule has 0 bridgehead atoms. The number of nitrogens with zero attached hydrogens (tertiary/aromatic N) is 1. The van der Waals surface area contributed by atoms with E-state index in [1.807, 2.05) is 36.5 Å². The SMILES string of the molecule is CC(N)(c1ccc(C(=O)Nc2ccnc3[nH]ccc23)cc1)C1CCCC1. The van der Waals surface area contributed by atoms with Crippen molar-refractivity contribution >= 4 is 22.6 Å². The van der Waals surface area contributed by atoms with Gasteiger partial charge in [0.25, 0.3) is 5.91 Å². The van der Waals surface area contributed by atoms with Crippen LogP contribution in [-0.2, 0) is 5.54 Å². The van der Waals surface area contributed by atoms with Crippen molar-refractivity contribution < 1.29 is 4.79 Å². The highest BCUT2D eigenvalue weighted by Crippen LogP contribution is 2.38. The number of nitrogens with one attached hydrogen (secondary N) is 2. The molecule has 0 saturated heterocycles. The van der Waals surface area contributed by atoms with Gasteiger partial charge in [-0.2, -0.15) is 0 Å². The van der Waals surface area contributed by atoms with Gasteiger partial charge in [0, 0.05) is 28.9 Å². The summed E-state index contributed by atoms with van der Waals surface area (Å²) < 4.78 is 0. The Bertz CT molecular complexity index is 921. The number of carbonyl (C=O) groups excluding carboxylic acids is 1. The number of H-pyrrole nitrogens is 1. The minimum Gasteiger partial charge on any atom is -0.346 e. The number of pyridine rings is 1. The van der Waals surface area contributed by atoms with Gasteiger partial charge in [-0.1, -0.05) is 25.0 Å². The summed E-state index contributed by atoms with van der Waals surface area (Å²) in [5, 5.41) is 3.87. The molecule has 1 aromatic carbocycles. The van der Waals surface area contributed by atoms with Crippen molar-refractivity contribution in [3.8, 4) is 0 Å². The lowest BCUT2D eigenvalue weighted by atomic mass is 9.79. The third-order valence-electron chi connectivity index (χ3n) is 5.68. The highest BCUT2D eigenvalue weighted by atomic mass is 16.1. The highest BCUT2D eigenvalue weighted by molar-refractivity contribution is 6.08. The summed E-state index contributed by atoms with van der Waals surface area (Å²) >= 11 is 0. The normalized spacial score (nSPS) is 17.3. The van der Waals surface area contributed by atoms with E-state index in [1.165, 1.54) is 25.7 Å². The molecule has 1 atom stereocenters. The van der Waals surface area contributed by atoms with E-state index in [4.69, 9.17) is 5.73 Å². The van der Waals surface area contributed by atoms with Gasteiger partial charge >= 0.3 is 0 Å². The number of amides is 1. The van der Waals surface area contributed by atoms with Gasteiger partial charge in [0.15, 0.2) is 0 Å². The number of fused-ring (bicyclic) bond motifs is 1. The molecule has 1 saturated carbocycles. The summed E-state index contributed by atoms with van der Waals surface area (Å²) in [6, 6.07) is 11.4. The van der Waals surface area contributed by atoms with Gasteiger partial charge in [0.05, 0.1) is 5.69 Å². The maximum absolute atomic E-state index is 12.6. The Labute approximate surface area is 153 Å². The predicted octanol–water partition coefficient (Wildman–Crippen LogP) is 4.18. The molecule has 4 rings (SSSR count). The number of rotatable bonds is 4. The fraction of sp³-hybridized carbons (Fsp3) is 0.333. The van der Waals surface area contributed by atoms with Crippen molar-refractivity contribution in [3.05, 3.63) is 59.9 Å². The molecule has 26 heavy (non-hydrogen) atoms. The largest absolute Gasteiger partial charge is 0.346 e. The third-order valence-corrected chi connectivity index (χ3v) is 5.68. The molecule has 5 heteroatoms. The molecular weight excluding hydrogens is 324 g/mol. The lowest BCUT2D eigenvalue weighted by molar-refractivity contribution is 0.102. The Hall–Kier alpha value is -2.66. The van der Waals surface area contributed by atoms with Gasteiger partial charge < -0.3 is 16.0 Å². The number of aromatic nitrogens is 2. The molecule has 1 aliphatic carbocycles. The van der Waals surface area contributed by atoms with Crippen molar-refractivity contribution in [2.75, 3.05) is 5.32 Å². The molecule has 134 valence electrons. The molecule has 3 aromatic rings. The lowest BCUT2D eigenvalue weighted by Crippen LogP contribution is -2.40. The average molecular weight is 348 g/mol. The van der Waals surface area contributed by atoms with Gasteiger partial charge in [-0.15, -0.1) is 0 Å². The number of hydrogen-bond donors (Lipinski definition) is 3. The van der Waals surface area contributed by atoms with E-state index >= 15 is 0 Å². The summed E-state index contributed by atoms with van der Waals surface area (Å²) in [4.78, 5) is 19.9. The fourth-order valence-electron chi connectivity index (χ4n) is 4.01. The second kappa shape index (κ2) is 6.57. The second-order valence-electron chi connectivity index (χ2n) is 7.39. The van der Waals surface area contributed by atoms with E-state index in [0.717, 1.165) is 22.3 Å². The zero-order chi connectivity index (χ0) is 18.1. The summed E-state index contributed by atoms with van der Waals surface area (Å²) in [5.41, 5.74) is 9.52. The number of benzene rings is 1. The van der Waals surface area contributed by atoms with Gasteiger partial charge in [-0.3, -0.25) is 4.79 Å². The Morgan fingerprint density at radius 3 is 2.65 bits per heavy atom. The van der Waals surface area contributed by atoms with Crippen molar-refractivity contribution in [3.63, 3.8) is 0 Å². The molecule has 1 amide bonds. The Morgan fingerprint density at radius 2 is 1.92 bits per heavy atom. The average Bonchev–Trinajstić information content (AvgIpc) is 3.34. The molecule has 1 fully saturated rings. The summed E-state index contributed by atoms with van der Waals surface area (Å²) in [5.74, 6) is 0.380. The van der Waals surface area contributed by atoms with Gasteiger partial charge in [0.1, 0.15) is 5.65 Å². The highest BCUT2D eigenvalue weighted by Gasteiger charge is 2.33. The van der Waals surface area contributed by atoms with Crippen molar-refractivity contribution in [2.24, 2.45) is 11.7 Å². The first-order valence-electron chi connectivity index (χ1n) is 9.18. The first-order valence-corrected chi connectivity index (χ1v) is 9.18. The summed E-state index contributed by atoms with van der Waals surface area (Å²) in [7, 11) is 0. The molecule has 2 heterocycles. The summed E-state index contributed by atoms with van der Waals surface area (Å²) in [6.45, 7) is 2.11. The maximum Gasteiger partial charge on any atom is 0.255 e. The van der Waals surface area contributed by atoms with Crippen molar-refractivity contribution in [1.29, 1.82) is 0 Å². The van der Waals surface area contributed by atoms with E-state index in [9.17, 15) is 4.79 Å². The van der Waals surface area contributed by atoms with Gasteiger partial charge in [0.2, 0.25) is 0 Å². The van der Waals surface area contributed by atoms with Crippen LogP contribution in [0.3, 0.4) is 0 Å². The molecule has 0 radical (unpaired) electrons. The monoisotopic (exact) mass is 348 g/mol. The van der Waals surface area contributed by atoms with Crippen LogP contribution in [0.25, 0.3) is 11.0 Å².